The Morgan fingerprint density at radius 1 is 1.44 bits per heavy atom. The van der Waals surface area contributed by atoms with E-state index in [0.29, 0.717) is 11.4 Å². The number of aromatic hydroxyl groups is 1. The first-order chi connectivity index (χ1) is 7.63. The Labute approximate surface area is 93.1 Å². The van der Waals surface area contributed by atoms with Crippen molar-refractivity contribution in [3.05, 3.63) is 24.4 Å². The molecule has 1 heterocycles. The second-order valence-corrected chi connectivity index (χ2v) is 3.46. The molecule has 5 nitrogen and oxygen atoms in total. The van der Waals surface area contributed by atoms with Crippen molar-refractivity contribution in [2.45, 2.75) is 0 Å². The minimum Gasteiger partial charge on any atom is -0.504 e. The molecule has 0 atom stereocenters. The number of aryl methyl sites for hydroxylation is 1. The minimum absolute atomic E-state index is 0.0839. The van der Waals surface area contributed by atoms with Crippen molar-refractivity contribution >= 4 is 5.69 Å². The van der Waals surface area contributed by atoms with E-state index in [9.17, 15) is 5.11 Å². The van der Waals surface area contributed by atoms with E-state index in [1.54, 1.807) is 30.1 Å². The molecular weight excluding hydrogens is 206 g/mol. The van der Waals surface area contributed by atoms with Gasteiger partial charge in [-0.3, -0.25) is 4.68 Å². The van der Waals surface area contributed by atoms with E-state index in [-0.39, 0.29) is 5.75 Å². The van der Waals surface area contributed by atoms with E-state index in [2.05, 4.69) is 5.10 Å². The van der Waals surface area contributed by atoms with Crippen molar-refractivity contribution in [2.75, 3.05) is 12.8 Å². The van der Waals surface area contributed by atoms with Crippen LogP contribution < -0.4 is 10.5 Å². The average Bonchev–Trinajstić information content (AvgIpc) is 2.58. The fourth-order valence-electron chi connectivity index (χ4n) is 1.65. The lowest BCUT2D eigenvalue weighted by molar-refractivity contribution is 0.373. The number of hydrogen-bond acceptors (Lipinski definition) is 4. The van der Waals surface area contributed by atoms with Crippen molar-refractivity contribution in [3.63, 3.8) is 0 Å². The maximum absolute atomic E-state index is 9.68. The maximum atomic E-state index is 9.68. The van der Waals surface area contributed by atoms with Crippen molar-refractivity contribution in [2.24, 2.45) is 7.05 Å². The Morgan fingerprint density at radius 2 is 2.19 bits per heavy atom. The Hall–Kier alpha value is -2.17. The van der Waals surface area contributed by atoms with Crippen LogP contribution in [0.3, 0.4) is 0 Å². The molecule has 2 aromatic rings. The highest BCUT2D eigenvalue weighted by atomic mass is 16.5. The monoisotopic (exact) mass is 219 g/mol. The summed E-state index contributed by atoms with van der Waals surface area (Å²) < 4.78 is 6.64. The molecule has 0 radical (unpaired) electrons. The van der Waals surface area contributed by atoms with Crippen LogP contribution in [0.2, 0.25) is 0 Å². The third-order valence-electron chi connectivity index (χ3n) is 2.42. The van der Waals surface area contributed by atoms with Crippen LogP contribution in [0.5, 0.6) is 11.5 Å². The number of ether oxygens (including phenoxy) is 1. The van der Waals surface area contributed by atoms with Crippen LogP contribution in [-0.2, 0) is 7.05 Å². The fraction of sp³-hybridized carbons (Fsp3) is 0.182. The van der Waals surface area contributed by atoms with Crippen molar-refractivity contribution in [1.29, 1.82) is 0 Å². The molecule has 0 spiro atoms. The normalized spacial score (nSPS) is 10.4. The van der Waals surface area contributed by atoms with Gasteiger partial charge in [0.1, 0.15) is 0 Å². The van der Waals surface area contributed by atoms with Gasteiger partial charge in [-0.25, -0.2) is 0 Å². The molecule has 0 fully saturated rings. The summed E-state index contributed by atoms with van der Waals surface area (Å²) in [6, 6.07) is 5.12. The highest BCUT2D eigenvalue weighted by Gasteiger charge is 2.10. The predicted molar refractivity (Wildman–Crippen MR) is 61.3 cm³/mol. The van der Waals surface area contributed by atoms with Crippen LogP contribution in [0.15, 0.2) is 24.4 Å². The number of methoxy groups -OCH3 is 1. The Balaban J connectivity index is 2.53. The number of nitrogens with two attached hydrogens (primary N) is 1. The molecule has 2 rings (SSSR count). The summed E-state index contributed by atoms with van der Waals surface area (Å²) in [6.07, 6.45) is 1.58. The molecule has 1 aromatic carbocycles. The number of hydrogen-bond donors (Lipinski definition) is 2. The van der Waals surface area contributed by atoms with Crippen molar-refractivity contribution in [1.82, 2.24) is 9.78 Å². The summed E-state index contributed by atoms with van der Waals surface area (Å²) in [7, 11) is 3.31. The first kappa shape index (κ1) is 10.4. The summed E-state index contributed by atoms with van der Waals surface area (Å²) in [5, 5.41) is 13.7. The summed E-state index contributed by atoms with van der Waals surface area (Å²) >= 11 is 0. The second kappa shape index (κ2) is 3.77. The van der Waals surface area contributed by atoms with E-state index in [1.165, 1.54) is 7.11 Å². The van der Waals surface area contributed by atoms with Crippen LogP contribution >= 0.6 is 0 Å². The molecular formula is C11H13N3O2. The highest BCUT2D eigenvalue weighted by molar-refractivity contribution is 5.74. The fourth-order valence-corrected chi connectivity index (χ4v) is 1.65. The van der Waals surface area contributed by atoms with E-state index in [0.717, 1.165) is 11.3 Å². The standard InChI is InChI=1S/C11H13N3O2/c1-14-11(8(12)6-13-14)7-3-4-10(16-2)9(15)5-7/h3-6,15H,12H2,1-2H3. The van der Waals surface area contributed by atoms with Crippen molar-refractivity contribution in [3.8, 4) is 22.8 Å². The lowest BCUT2D eigenvalue weighted by Crippen LogP contribution is -1.96. The van der Waals surface area contributed by atoms with Gasteiger partial charge < -0.3 is 15.6 Å². The largest absolute Gasteiger partial charge is 0.504 e. The van der Waals surface area contributed by atoms with Crippen LogP contribution in [0.1, 0.15) is 0 Å². The van der Waals surface area contributed by atoms with Gasteiger partial charge in [-0.2, -0.15) is 5.10 Å². The Morgan fingerprint density at radius 3 is 2.69 bits per heavy atom. The minimum atomic E-state index is 0.0839. The summed E-state index contributed by atoms with van der Waals surface area (Å²) in [5.74, 6) is 0.519. The SMILES string of the molecule is COc1ccc(-c2c(N)cnn2C)cc1O. The third kappa shape index (κ3) is 1.56. The topological polar surface area (TPSA) is 73.3 Å². The average molecular weight is 219 g/mol. The smallest absolute Gasteiger partial charge is 0.160 e. The number of nitrogen functional groups attached to an aromatic ring is 1. The number of benzene rings is 1. The molecule has 5 heteroatoms. The zero-order valence-electron chi connectivity index (χ0n) is 9.14. The molecule has 0 bridgehead atoms. The zero-order chi connectivity index (χ0) is 11.7. The molecule has 3 N–H and O–H groups in total. The van der Waals surface area contributed by atoms with Gasteiger partial charge in [0.15, 0.2) is 11.5 Å². The van der Waals surface area contributed by atoms with E-state index < -0.39 is 0 Å². The summed E-state index contributed by atoms with van der Waals surface area (Å²) in [4.78, 5) is 0. The first-order valence-corrected chi connectivity index (χ1v) is 4.78. The van der Waals surface area contributed by atoms with Gasteiger partial charge in [-0.05, 0) is 18.2 Å². The van der Waals surface area contributed by atoms with Crippen LogP contribution in [0.25, 0.3) is 11.3 Å². The van der Waals surface area contributed by atoms with Gasteiger partial charge in [0.2, 0.25) is 0 Å². The number of phenols is 1. The zero-order valence-corrected chi connectivity index (χ0v) is 9.14. The number of anilines is 1. The van der Waals surface area contributed by atoms with Gasteiger partial charge in [-0.15, -0.1) is 0 Å². The molecule has 0 aliphatic heterocycles. The number of aromatic nitrogens is 2. The molecule has 0 saturated heterocycles. The predicted octanol–water partition coefficient (Wildman–Crippen LogP) is 1.38. The molecule has 0 amide bonds. The molecule has 0 unspecified atom stereocenters. The molecule has 84 valence electrons. The van der Waals surface area contributed by atoms with Gasteiger partial charge in [0.05, 0.1) is 24.7 Å². The van der Waals surface area contributed by atoms with E-state index >= 15 is 0 Å². The summed E-state index contributed by atoms with van der Waals surface area (Å²) in [6.45, 7) is 0. The van der Waals surface area contributed by atoms with Crippen LogP contribution in [0, 0.1) is 0 Å². The molecule has 0 aliphatic rings. The van der Waals surface area contributed by atoms with E-state index in [4.69, 9.17) is 10.5 Å². The quantitative estimate of drug-likeness (QED) is 0.800. The molecule has 0 aliphatic carbocycles. The Bertz CT molecular complexity index is 500. The lowest BCUT2D eigenvalue weighted by atomic mass is 10.1. The number of rotatable bonds is 2. The second-order valence-electron chi connectivity index (χ2n) is 3.46. The van der Waals surface area contributed by atoms with Gasteiger partial charge in [0, 0.05) is 12.6 Å². The van der Waals surface area contributed by atoms with Gasteiger partial charge in [0.25, 0.3) is 0 Å². The summed E-state index contributed by atoms with van der Waals surface area (Å²) in [5.41, 5.74) is 7.95. The molecule has 0 saturated carbocycles. The van der Waals surface area contributed by atoms with Crippen LogP contribution in [-0.4, -0.2) is 22.0 Å². The van der Waals surface area contributed by atoms with Crippen molar-refractivity contribution < 1.29 is 9.84 Å². The van der Waals surface area contributed by atoms with Gasteiger partial charge in [-0.1, -0.05) is 0 Å². The van der Waals surface area contributed by atoms with Crippen LogP contribution in [0.4, 0.5) is 5.69 Å². The Kier molecular flexibility index (Phi) is 2.44. The van der Waals surface area contributed by atoms with Gasteiger partial charge >= 0.3 is 0 Å². The molecule has 1 aromatic heterocycles. The third-order valence-corrected chi connectivity index (χ3v) is 2.42. The number of phenolic OH excluding ortho intramolecular Hbond substituents is 1. The highest BCUT2D eigenvalue weighted by Crippen LogP contribution is 2.33. The lowest BCUT2D eigenvalue weighted by Gasteiger charge is -2.07. The maximum Gasteiger partial charge on any atom is 0.160 e. The van der Waals surface area contributed by atoms with E-state index in [1.807, 2.05) is 6.07 Å². The number of nitrogens with zero attached hydrogens (tertiary/aromatic N) is 2. The first-order valence-electron chi connectivity index (χ1n) is 4.78. The molecule has 16 heavy (non-hydrogen) atoms.